The minimum absolute atomic E-state index is 0.185. The molecule has 0 atom stereocenters. The van der Waals surface area contributed by atoms with E-state index in [9.17, 15) is 14.4 Å². The molecule has 0 unspecified atom stereocenters. The Labute approximate surface area is 183 Å². The summed E-state index contributed by atoms with van der Waals surface area (Å²) in [7, 11) is 0. The van der Waals surface area contributed by atoms with Gasteiger partial charge in [0, 0.05) is 33.9 Å². The summed E-state index contributed by atoms with van der Waals surface area (Å²) >= 11 is 0. The molecule has 5 rings (SSSR count). The zero-order valence-corrected chi connectivity index (χ0v) is 16.9. The van der Waals surface area contributed by atoms with Crippen LogP contribution in [0.1, 0.15) is 26.3 Å². The van der Waals surface area contributed by atoms with Crippen molar-refractivity contribution in [3.05, 3.63) is 89.6 Å². The van der Waals surface area contributed by atoms with Gasteiger partial charge in [-0.2, -0.15) is 0 Å². The van der Waals surface area contributed by atoms with Crippen molar-refractivity contribution in [2.24, 2.45) is 0 Å². The smallest absolute Gasteiger partial charge is 0.296 e. The number of aromatic nitrogens is 1. The van der Waals surface area contributed by atoms with Gasteiger partial charge < -0.3 is 19.8 Å². The number of carbonyl (C=O) groups excluding carboxylic acids is 3. The number of fused-ring (bicyclic) bond motifs is 2. The van der Waals surface area contributed by atoms with Crippen molar-refractivity contribution in [2.45, 2.75) is 0 Å². The summed E-state index contributed by atoms with van der Waals surface area (Å²) in [6, 6.07) is 18.7. The summed E-state index contributed by atoms with van der Waals surface area (Å²) in [6.07, 6.45) is 1.53. The molecule has 1 aliphatic rings. The third-order valence-electron chi connectivity index (χ3n) is 5.25. The second kappa shape index (κ2) is 8.03. The molecular formula is C25H18N2O5. The van der Waals surface area contributed by atoms with E-state index >= 15 is 0 Å². The van der Waals surface area contributed by atoms with Gasteiger partial charge >= 0.3 is 0 Å². The van der Waals surface area contributed by atoms with Gasteiger partial charge in [0.05, 0.1) is 5.56 Å². The van der Waals surface area contributed by atoms with E-state index in [2.05, 4.69) is 10.3 Å². The lowest BCUT2D eigenvalue weighted by Gasteiger charge is -2.18. The fourth-order valence-corrected chi connectivity index (χ4v) is 3.63. The molecule has 0 bridgehead atoms. The zero-order chi connectivity index (χ0) is 22.1. The number of amides is 1. The van der Waals surface area contributed by atoms with E-state index in [1.54, 1.807) is 48.5 Å². The minimum atomic E-state index is -0.749. The third kappa shape index (κ3) is 3.60. The number of ketones is 2. The SMILES string of the molecule is O=C(Nc1ccc(C(=O)c2ccc3c(c2)OCCO3)cc1)C(=O)c1c[nH]c2ccccc12. The Kier molecular flexibility index (Phi) is 4.91. The summed E-state index contributed by atoms with van der Waals surface area (Å²) < 4.78 is 11.0. The molecule has 0 saturated heterocycles. The summed E-state index contributed by atoms with van der Waals surface area (Å²) in [5.41, 5.74) is 2.43. The van der Waals surface area contributed by atoms with E-state index < -0.39 is 11.7 Å². The summed E-state index contributed by atoms with van der Waals surface area (Å²) in [5.74, 6) is -0.415. The minimum Gasteiger partial charge on any atom is -0.486 e. The number of ether oxygens (including phenoxy) is 2. The van der Waals surface area contributed by atoms with Crippen LogP contribution in [0.2, 0.25) is 0 Å². The third-order valence-corrected chi connectivity index (χ3v) is 5.25. The first-order valence-electron chi connectivity index (χ1n) is 10.1. The Morgan fingerprint density at radius 3 is 2.34 bits per heavy atom. The van der Waals surface area contributed by atoms with Crippen LogP contribution in [0, 0.1) is 0 Å². The van der Waals surface area contributed by atoms with Crippen molar-refractivity contribution < 1.29 is 23.9 Å². The van der Waals surface area contributed by atoms with Crippen molar-refractivity contribution in [1.82, 2.24) is 4.98 Å². The van der Waals surface area contributed by atoms with Crippen molar-refractivity contribution >= 4 is 34.1 Å². The van der Waals surface area contributed by atoms with Gasteiger partial charge in [-0.15, -0.1) is 0 Å². The Morgan fingerprint density at radius 1 is 0.812 bits per heavy atom. The van der Waals surface area contributed by atoms with Crippen LogP contribution in [-0.2, 0) is 4.79 Å². The molecule has 1 aliphatic heterocycles. The maximum absolute atomic E-state index is 12.8. The number of hydrogen-bond donors (Lipinski definition) is 2. The number of carbonyl (C=O) groups is 3. The predicted octanol–water partition coefficient (Wildman–Crippen LogP) is 3.99. The number of H-pyrrole nitrogens is 1. The van der Waals surface area contributed by atoms with E-state index in [0.29, 0.717) is 52.5 Å². The van der Waals surface area contributed by atoms with Crippen LogP contribution in [0.25, 0.3) is 10.9 Å². The first-order chi connectivity index (χ1) is 15.6. The van der Waals surface area contributed by atoms with Crippen LogP contribution in [-0.4, -0.2) is 35.7 Å². The summed E-state index contributed by atoms with van der Waals surface area (Å²) in [6.45, 7) is 0.923. The number of benzene rings is 3. The average Bonchev–Trinajstić information content (AvgIpc) is 3.27. The van der Waals surface area contributed by atoms with Crippen LogP contribution in [0.3, 0.4) is 0 Å². The highest BCUT2D eigenvalue weighted by molar-refractivity contribution is 6.48. The molecule has 158 valence electrons. The van der Waals surface area contributed by atoms with Gasteiger partial charge in [0.2, 0.25) is 0 Å². The molecular weight excluding hydrogens is 408 g/mol. The number of para-hydroxylation sites is 1. The van der Waals surface area contributed by atoms with Gasteiger partial charge in [0.1, 0.15) is 13.2 Å². The quantitative estimate of drug-likeness (QED) is 0.371. The highest BCUT2D eigenvalue weighted by Crippen LogP contribution is 2.31. The highest BCUT2D eigenvalue weighted by Gasteiger charge is 2.20. The maximum Gasteiger partial charge on any atom is 0.296 e. The molecule has 1 aromatic heterocycles. The molecule has 7 nitrogen and oxygen atoms in total. The van der Waals surface area contributed by atoms with Gasteiger partial charge in [-0.3, -0.25) is 14.4 Å². The molecule has 0 spiro atoms. The van der Waals surface area contributed by atoms with Crippen LogP contribution >= 0.6 is 0 Å². The van der Waals surface area contributed by atoms with Crippen LogP contribution < -0.4 is 14.8 Å². The second-order valence-corrected chi connectivity index (χ2v) is 7.30. The molecule has 3 aromatic carbocycles. The van der Waals surface area contributed by atoms with Crippen molar-refractivity contribution in [1.29, 1.82) is 0 Å². The molecule has 4 aromatic rings. The van der Waals surface area contributed by atoms with Gasteiger partial charge in [-0.1, -0.05) is 18.2 Å². The van der Waals surface area contributed by atoms with Crippen molar-refractivity contribution in [3.63, 3.8) is 0 Å². The topological polar surface area (TPSA) is 97.5 Å². The number of hydrogen-bond acceptors (Lipinski definition) is 5. The van der Waals surface area contributed by atoms with Gasteiger partial charge in [-0.05, 0) is 48.5 Å². The van der Waals surface area contributed by atoms with Gasteiger partial charge in [-0.25, -0.2) is 0 Å². The molecule has 7 heteroatoms. The summed E-state index contributed by atoms with van der Waals surface area (Å²) in [4.78, 5) is 40.9. The monoisotopic (exact) mass is 426 g/mol. The Bertz CT molecular complexity index is 1350. The Morgan fingerprint density at radius 2 is 1.53 bits per heavy atom. The van der Waals surface area contributed by atoms with E-state index in [1.165, 1.54) is 6.20 Å². The van der Waals surface area contributed by atoms with E-state index in [0.717, 1.165) is 5.52 Å². The predicted molar refractivity (Wildman–Crippen MR) is 119 cm³/mol. The molecule has 32 heavy (non-hydrogen) atoms. The standard InChI is InChI=1S/C25H18N2O5/c28-23(16-7-10-21-22(13-16)32-12-11-31-21)15-5-8-17(9-6-15)27-25(30)24(29)19-14-26-20-4-2-1-3-18(19)20/h1-10,13-14,26H,11-12H2,(H,27,30). The Hall–Kier alpha value is -4.39. The highest BCUT2D eigenvalue weighted by atomic mass is 16.6. The number of anilines is 1. The van der Waals surface area contributed by atoms with Crippen LogP contribution in [0.15, 0.2) is 72.9 Å². The largest absolute Gasteiger partial charge is 0.486 e. The fourth-order valence-electron chi connectivity index (χ4n) is 3.63. The molecule has 0 saturated carbocycles. The van der Waals surface area contributed by atoms with Crippen LogP contribution in [0.5, 0.6) is 11.5 Å². The lowest BCUT2D eigenvalue weighted by molar-refractivity contribution is -0.112. The Balaban J connectivity index is 1.30. The van der Waals surface area contributed by atoms with E-state index in [1.807, 2.05) is 18.2 Å². The lowest BCUT2D eigenvalue weighted by Crippen LogP contribution is -2.22. The molecule has 0 fully saturated rings. The molecule has 0 radical (unpaired) electrons. The molecule has 1 amide bonds. The molecule has 2 heterocycles. The van der Waals surface area contributed by atoms with Crippen molar-refractivity contribution in [2.75, 3.05) is 18.5 Å². The second-order valence-electron chi connectivity index (χ2n) is 7.30. The van der Waals surface area contributed by atoms with Crippen molar-refractivity contribution in [3.8, 4) is 11.5 Å². The normalized spacial score (nSPS) is 12.4. The maximum atomic E-state index is 12.8. The van der Waals surface area contributed by atoms with E-state index in [4.69, 9.17) is 9.47 Å². The number of Topliss-reactive ketones (excluding diaryl/α,β-unsaturated/α-hetero) is 1. The fraction of sp³-hybridized carbons (Fsp3) is 0.0800. The molecule has 0 aliphatic carbocycles. The van der Waals surface area contributed by atoms with Gasteiger partial charge in [0.15, 0.2) is 17.3 Å². The number of nitrogens with one attached hydrogen (secondary N) is 2. The molecule has 2 N–H and O–H groups in total. The average molecular weight is 426 g/mol. The zero-order valence-electron chi connectivity index (χ0n) is 16.9. The first kappa shape index (κ1) is 19.6. The number of aromatic amines is 1. The number of rotatable bonds is 5. The van der Waals surface area contributed by atoms with Gasteiger partial charge in [0.25, 0.3) is 11.7 Å². The van der Waals surface area contributed by atoms with E-state index in [-0.39, 0.29) is 5.78 Å². The van der Waals surface area contributed by atoms with Crippen LogP contribution in [0.4, 0.5) is 5.69 Å². The first-order valence-corrected chi connectivity index (χ1v) is 10.1. The summed E-state index contributed by atoms with van der Waals surface area (Å²) in [5, 5.41) is 3.28. The lowest BCUT2D eigenvalue weighted by atomic mass is 10.0.